The molecule has 3 N–H and O–H groups in total. The number of carbonyl (C=O) groups excluding carboxylic acids is 1. The maximum absolute atomic E-state index is 11.8. The molecule has 2 rings (SSSR count). The molecule has 0 spiro atoms. The van der Waals surface area contributed by atoms with Crippen molar-refractivity contribution >= 4 is 39.1 Å². The number of carboxylic acids is 1. The Labute approximate surface area is 119 Å². The van der Waals surface area contributed by atoms with Gasteiger partial charge in [0.2, 0.25) is 0 Å². The normalized spacial score (nSPS) is 11.8. The highest BCUT2D eigenvalue weighted by Crippen LogP contribution is 2.23. The van der Waals surface area contributed by atoms with Crippen LogP contribution >= 0.6 is 11.3 Å². The number of thiophene rings is 1. The second-order valence-electron chi connectivity index (χ2n) is 4.19. The number of carbonyl (C=O) groups is 2. The van der Waals surface area contributed by atoms with E-state index in [2.05, 4.69) is 17.2 Å². The molecule has 2 amide bonds. The average Bonchev–Trinajstić information content (AvgIpc) is 2.85. The Balaban J connectivity index is 2.02. The van der Waals surface area contributed by atoms with Crippen LogP contribution in [0.3, 0.4) is 0 Å². The van der Waals surface area contributed by atoms with E-state index in [0.29, 0.717) is 5.69 Å². The Morgan fingerprint density at radius 2 is 2.20 bits per heavy atom. The summed E-state index contributed by atoms with van der Waals surface area (Å²) in [6.07, 6.45) is 1.63. The molecule has 0 fully saturated rings. The van der Waals surface area contributed by atoms with Gasteiger partial charge in [-0.15, -0.1) is 17.9 Å². The smallest absolute Gasteiger partial charge is 0.326 e. The van der Waals surface area contributed by atoms with Gasteiger partial charge in [-0.1, -0.05) is 6.08 Å². The third kappa shape index (κ3) is 3.36. The number of fused-ring (bicyclic) bond motifs is 1. The second kappa shape index (κ2) is 6.21. The molecule has 2 aromatic rings. The van der Waals surface area contributed by atoms with Crippen LogP contribution in [-0.2, 0) is 4.79 Å². The molecule has 6 heteroatoms. The summed E-state index contributed by atoms with van der Waals surface area (Å²) in [5, 5.41) is 17.0. The van der Waals surface area contributed by atoms with Gasteiger partial charge in [-0.25, -0.2) is 9.59 Å². The summed E-state index contributed by atoms with van der Waals surface area (Å²) in [6.45, 7) is 3.47. The summed E-state index contributed by atoms with van der Waals surface area (Å²) < 4.78 is 1.13. The van der Waals surface area contributed by atoms with E-state index in [9.17, 15) is 9.59 Å². The Morgan fingerprint density at radius 3 is 2.90 bits per heavy atom. The van der Waals surface area contributed by atoms with Crippen LogP contribution in [0.1, 0.15) is 6.42 Å². The van der Waals surface area contributed by atoms with Gasteiger partial charge in [-0.2, -0.15) is 0 Å². The maximum Gasteiger partial charge on any atom is 0.326 e. The number of aliphatic carboxylic acids is 1. The van der Waals surface area contributed by atoms with Crippen molar-refractivity contribution in [2.75, 3.05) is 5.32 Å². The van der Waals surface area contributed by atoms with Crippen LogP contribution in [0.15, 0.2) is 42.3 Å². The lowest BCUT2D eigenvalue weighted by molar-refractivity contribution is -0.139. The van der Waals surface area contributed by atoms with Crippen molar-refractivity contribution in [3.8, 4) is 0 Å². The van der Waals surface area contributed by atoms with E-state index in [1.165, 1.54) is 6.08 Å². The molecule has 0 aliphatic carbocycles. The van der Waals surface area contributed by atoms with Gasteiger partial charge in [0.05, 0.1) is 0 Å². The SMILES string of the molecule is C=CCC(NC(=O)Nc1ccc2sccc2c1)C(=O)O. The largest absolute Gasteiger partial charge is 0.480 e. The third-order valence-corrected chi connectivity index (χ3v) is 3.61. The Kier molecular flexibility index (Phi) is 4.37. The molecule has 104 valence electrons. The van der Waals surface area contributed by atoms with Gasteiger partial charge in [0.15, 0.2) is 0 Å². The average molecular weight is 290 g/mol. The van der Waals surface area contributed by atoms with E-state index in [-0.39, 0.29) is 6.42 Å². The highest BCUT2D eigenvalue weighted by atomic mass is 32.1. The van der Waals surface area contributed by atoms with E-state index in [1.54, 1.807) is 17.4 Å². The molecule has 0 aliphatic heterocycles. The number of hydrogen-bond donors (Lipinski definition) is 3. The van der Waals surface area contributed by atoms with Gasteiger partial charge in [-0.05, 0) is 41.5 Å². The van der Waals surface area contributed by atoms with E-state index in [4.69, 9.17) is 5.11 Å². The zero-order valence-electron chi connectivity index (χ0n) is 10.6. The number of hydrogen-bond acceptors (Lipinski definition) is 3. The van der Waals surface area contributed by atoms with Crippen LogP contribution in [0.5, 0.6) is 0 Å². The Hall–Kier alpha value is -2.34. The topological polar surface area (TPSA) is 78.4 Å². The van der Waals surface area contributed by atoms with Crippen molar-refractivity contribution in [2.45, 2.75) is 12.5 Å². The van der Waals surface area contributed by atoms with Crippen molar-refractivity contribution in [3.05, 3.63) is 42.3 Å². The maximum atomic E-state index is 11.8. The van der Waals surface area contributed by atoms with Gasteiger partial charge in [0.25, 0.3) is 0 Å². The number of carboxylic acid groups (broad SMARTS) is 1. The molecular formula is C14H14N2O3S. The molecule has 0 saturated heterocycles. The van der Waals surface area contributed by atoms with E-state index >= 15 is 0 Å². The molecule has 1 atom stereocenters. The Bertz CT molecular complexity index is 651. The number of urea groups is 1. The number of amides is 2. The van der Waals surface area contributed by atoms with Gasteiger partial charge >= 0.3 is 12.0 Å². The summed E-state index contributed by atoms with van der Waals surface area (Å²) in [7, 11) is 0. The van der Waals surface area contributed by atoms with Gasteiger partial charge in [-0.3, -0.25) is 0 Å². The quantitative estimate of drug-likeness (QED) is 0.740. The van der Waals surface area contributed by atoms with Crippen molar-refractivity contribution in [1.29, 1.82) is 0 Å². The summed E-state index contributed by atoms with van der Waals surface area (Å²) in [5.41, 5.74) is 0.621. The number of nitrogens with one attached hydrogen (secondary N) is 2. The molecule has 0 aliphatic rings. The van der Waals surface area contributed by atoms with Crippen LogP contribution < -0.4 is 10.6 Å². The predicted molar refractivity (Wildman–Crippen MR) is 80.2 cm³/mol. The lowest BCUT2D eigenvalue weighted by atomic mass is 10.2. The minimum Gasteiger partial charge on any atom is -0.480 e. The minimum atomic E-state index is -1.09. The molecule has 1 heterocycles. The first kappa shape index (κ1) is 14.1. The van der Waals surface area contributed by atoms with Crippen LogP contribution in [0, 0.1) is 0 Å². The zero-order valence-corrected chi connectivity index (χ0v) is 11.4. The number of anilines is 1. The zero-order chi connectivity index (χ0) is 14.5. The van der Waals surface area contributed by atoms with E-state index < -0.39 is 18.0 Å². The molecule has 20 heavy (non-hydrogen) atoms. The summed E-state index contributed by atoms with van der Waals surface area (Å²) in [5.74, 6) is -1.09. The van der Waals surface area contributed by atoms with Crippen molar-refractivity contribution in [2.24, 2.45) is 0 Å². The molecule has 1 aromatic heterocycles. The first-order valence-corrected chi connectivity index (χ1v) is 6.86. The first-order valence-electron chi connectivity index (χ1n) is 5.98. The number of rotatable bonds is 5. The molecule has 0 saturated carbocycles. The summed E-state index contributed by atoms with van der Waals surface area (Å²) in [4.78, 5) is 22.7. The predicted octanol–water partition coefficient (Wildman–Crippen LogP) is 3.05. The van der Waals surface area contributed by atoms with Gasteiger partial charge in [0, 0.05) is 10.4 Å². The van der Waals surface area contributed by atoms with Crippen LogP contribution in [0.25, 0.3) is 10.1 Å². The molecule has 5 nitrogen and oxygen atoms in total. The molecule has 1 aromatic carbocycles. The van der Waals surface area contributed by atoms with Gasteiger partial charge < -0.3 is 15.7 Å². The molecule has 0 radical (unpaired) electrons. The van der Waals surface area contributed by atoms with Crippen molar-refractivity contribution in [3.63, 3.8) is 0 Å². The van der Waals surface area contributed by atoms with E-state index in [0.717, 1.165) is 10.1 Å². The van der Waals surface area contributed by atoms with Crippen LogP contribution in [0.2, 0.25) is 0 Å². The first-order chi connectivity index (χ1) is 9.60. The Morgan fingerprint density at radius 1 is 1.40 bits per heavy atom. The van der Waals surface area contributed by atoms with E-state index in [1.807, 2.05) is 23.6 Å². The van der Waals surface area contributed by atoms with Crippen molar-refractivity contribution in [1.82, 2.24) is 5.32 Å². The minimum absolute atomic E-state index is 0.173. The van der Waals surface area contributed by atoms with Crippen molar-refractivity contribution < 1.29 is 14.7 Å². The molecule has 1 unspecified atom stereocenters. The molecule has 0 bridgehead atoms. The highest BCUT2D eigenvalue weighted by Gasteiger charge is 2.18. The second-order valence-corrected chi connectivity index (χ2v) is 5.13. The lowest BCUT2D eigenvalue weighted by Gasteiger charge is -2.13. The summed E-state index contributed by atoms with van der Waals surface area (Å²) in [6, 6.07) is 5.97. The lowest BCUT2D eigenvalue weighted by Crippen LogP contribution is -2.42. The monoisotopic (exact) mass is 290 g/mol. The van der Waals surface area contributed by atoms with Crippen LogP contribution in [-0.4, -0.2) is 23.1 Å². The fourth-order valence-electron chi connectivity index (χ4n) is 1.76. The third-order valence-electron chi connectivity index (χ3n) is 2.72. The van der Waals surface area contributed by atoms with Gasteiger partial charge in [0.1, 0.15) is 6.04 Å². The fourth-order valence-corrected chi connectivity index (χ4v) is 2.53. The summed E-state index contributed by atoms with van der Waals surface area (Å²) >= 11 is 1.62. The fraction of sp³-hybridized carbons (Fsp3) is 0.143. The number of benzene rings is 1. The molecular weight excluding hydrogens is 276 g/mol. The van der Waals surface area contributed by atoms with Crippen LogP contribution in [0.4, 0.5) is 10.5 Å². The standard InChI is InChI=1S/C14H14N2O3S/c1-2-3-11(13(17)18)16-14(19)15-10-4-5-12-9(8-10)6-7-20-12/h2,4-8,11H,1,3H2,(H,17,18)(H2,15,16,19). The highest BCUT2D eigenvalue weighted by molar-refractivity contribution is 7.17.